The van der Waals surface area contributed by atoms with Crippen LogP contribution in [0.4, 0.5) is 0 Å². The molecule has 2 nitrogen and oxygen atoms in total. The average Bonchev–Trinajstić information content (AvgIpc) is 3.09. The van der Waals surface area contributed by atoms with Crippen LogP contribution in [-0.4, -0.2) is 9.55 Å². The molecule has 0 N–H and O–H groups in total. The number of thiophene rings is 1. The van der Waals surface area contributed by atoms with Gasteiger partial charge in [-0.05, 0) is 30.2 Å². The first-order valence-electron chi connectivity index (χ1n) is 6.97. The van der Waals surface area contributed by atoms with E-state index in [9.17, 15) is 0 Å². The minimum Gasteiger partial charge on any atom is -0.327 e. The highest BCUT2D eigenvalue weighted by molar-refractivity contribution is 7.13. The maximum atomic E-state index is 4.58. The summed E-state index contributed by atoms with van der Waals surface area (Å²) in [6.45, 7) is 2.32. The second kappa shape index (κ2) is 5.27. The lowest BCUT2D eigenvalue weighted by Crippen LogP contribution is -2.22. The van der Waals surface area contributed by atoms with Gasteiger partial charge in [-0.2, -0.15) is 0 Å². The van der Waals surface area contributed by atoms with Crippen LogP contribution in [0.3, 0.4) is 0 Å². The van der Waals surface area contributed by atoms with E-state index in [1.807, 2.05) is 6.20 Å². The van der Waals surface area contributed by atoms with Gasteiger partial charge < -0.3 is 4.57 Å². The zero-order valence-electron chi connectivity index (χ0n) is 10.9. The van der Waals surface area contributed by atoms with E-state index in [-0.39, 0.29) is 0 Å². The van der Waals surface area contributed by atoms with E-state index in [2.05, 4.69) is 40.2 Å². The third-order valence-corrected chi connectivity index (χ3v) is 5.03. The maximum Gasteiger partial charge on any atom is 0.150 e. The highest BCUT2D eigenvalue weighted by atomic mass is 32.1. The topological polar surface area (TPSA) is 17.8 Å². The van der Waals surface area contributed by atoms with Crippen molar-refractivity contribution in [1.29, 1.82) is 0 Å². The molecular weight excluding hydrogens is 240 g/mol. The van der Waals surface area contributed by atoms with Gasteiger partial charge in [0.2, 0.25) is 0 Å². The molecule has 3 rings (SSSR count). The van der Waals surface area contributed by atoms with Crippen LogP contribution in [0.15, 0.2) is 29.9 Å². The smallest absolute Gasteiger partial charge is 0.150 e. The summed E-state index contributed by atoms with van der Waals surface area (Å²) in [5.41, 5.74) is 0. The van der Waals surface area contributed by atoms with Gasteiger partial charge in [0.15, 0.2) is 0 Å². The van der Waals surface area contributed by atoms with Crippen molar-refractivity contribution < 1.29 is 0 Å². The van der Waals surface area contributed by atoms with Crippen molar-refractivity contribution in [1.82, 2.24) is 9.55 Å². The highest BCUT2D eigenvalue weighted by Crippen LogP contribution is 2.38. The van der Waals surface area contributed by atoms with Gasteiger partial charge in [0.1, 0.15) is 5.82 Å². The lowest BCUT2D eigenvalue weighted by Gasteiger charge is -2.32. The molecule has 2 aromatic rings. The van der Waals surface area contributed by atoms with Crippen LogP contribution in [0.2, 0.25) is 0 Å². The van der Waals surface area contributed by atoms with E-state index in [1.54, 1.807) is 11.3 Å². The van der Waals surface area contributed by atoms with E-state index in [0.717, 1.165) is 11.7 Å². The average molecular weight is 260 g/mol. The third kappa shape index (κ3) is 2.12. The molecule has 0 bridgehead atoms. The molecule has 2 aromatic heterocycles. The van der Waals surface area contributed by atoms with Crippen molar-refractivity contribution in [2.24, 2.45) is 5.92 Å². The Morgan fingerprint density at radius 1 is 1.39 bits per heavy atom. The molecule has 0 aliphatic heterocycles. The number of nitrogens with zero attached hydrogens (tertiary/aromatic N) is 2. The standard InChI is InChI=1S/C15H20N2S/c1-2-12-6-3-4-7-13(12)17-10-9-16-15(17)14-8-5-11-18-14/h5,8-13H,2-4,6-7H2,1H3. The predicted molar refractivity (Wildman–Crippen MR) is 76.8 cm³/mol. The number of rotatable bonds is 3. The van der Waals surface area contributed by atoms with Crippen LogP contribution in [-0.2, 0) is 0 Å². The molecule has 0 spiro atoms. The highest BCUT2D eigenvalue weighted by Gasteiger charge is 2.26. The summed E-state index contributed by atoms with van der Waals surface area (Å²) in [6.07, 6.45) is 10.9. The zero-order chi connectivity index (χ0) is 12.4. The summed E-state index contributed by atoms with van der Waals surface area (Å²) in [4.78, 5) is 5.87. The Hall–Kier alpha value is -1.09. The Bertz CT molecular complexity index is 486. The summed E-state index contributed by atoms with van der Waals surface area (Å²) >= 11 is 1.78. The van der Waals surface area contributed by atoms with Crippen LogP contribution in [0.25, 0.3) is 10.7 Å². The number of hydrogen-bond acceptors (Lipinski definition) is 2. The van der Waals surface area contributed by atoms with Crippen LogP contribution >= 0.6 is 11.3 Å². The van der Waals surface area contributed by atoms with Crippen molar-refractivity contribution >= 4 is 11.3 Å². The Kier molecular flexibility index (Phi) is 3.50. The summed E-state index contributed by atoms with van der Waals surface area (Å²) in [6, 6.07) is 4.94. The molecule has 2 heterocycles. The molecule has 0 saturated heterocycles. The molecule has 1 fully saturated rings. The quantitative estimate of drug-likeness (QED) is 0.778. The van der Waals surface area contributed by atoms with Gasteiger partial charge in [-0.15, -0.1) is 11.3 Å². The Morgan fingerprint density at radius 3 is 3.06 bits per heavy atom. The summed E-state index contributed by atoms with van der Waals surface area (Å²) in [7, 11) is 0. The fourth-order valence-electron chi connectivity index (χ4n) is 3.21. The fraction of sp³-hybridized carbons (Fsp3) is 0.533. The van der Waals surface area contributed by atoms with Crippen molar-refractivity contribution in [3.63, 3.8) is 0 Å². The largest absolute Gasteiger partial charge is 0.327 e. The van der Waals surface area contributed by atoms with Gasteiger partial charge in [0.05, 0.1) is 4.88 Å². The molecule has 1 aliphatic carbocycles. The van der Waals surface area contributed by atoms with E-state index in [0.29, 0.717) is 6.04 Å². The first-order valence-corrected chi connectivity index (χ1v) is 7.85. The fourth-order valence-corrected chi connectivity index (χ4v) is 3.93. The third-order valence-electron chi connectivity index (χ3n) is 4.16. The second-order valence-corrected chi connectivity index (χ2v) is 6.10. The van der Waals surface area contributed by atoms with E-state index in [4.69, 9.17) is 0 Å². The van der Waals surface area contributed by atoms with Crippen molar-refractivity contribution in [3.8, 4) is 10.7 Å². The van der Waals surface area contributed by atoms with Crippen LogP contribution in [0.5, 0.6) is 0 Å². The lowest BCUT2D eigenvalue weighted by molar-refractivity contribution is 0.234. The lowest BCUT2D eigenvalue weighted by atomic mass is 9.82. The Morgan fingerprint density at radius 2 is 2.28 bits per heavy atom. The summed E-state index contributed by atoms with van der Waals surface area (Å²) < 4.78 is 2.43. The minimum atomic E-state index is 0.656. The molecule has 0 aromatic carbocycles. The molecule has 0 amide bonds. The van der Waals surface area contributed by atoms with Gasteiger partial charge >= 0.3 is 0 Å². The van der Waals surface area contributed by atoms with E-state index >= 15 is 0 Å². The van der Waals surface area contributed by atoms with Crippen LogP contribution < -0.4 is 0 Å². The predicted octanol–water partition coefficient (Wildman–Crippen LogP) is 4.75. The van der Waals surface area contributed by atoms with E-state index < -0.39 is 0 Å². The van der Waals surface area contributed by atoms with E-state index in [1.165, 1.54) is 37.0 Å². The number of aromatic nitrogens is 2. The first kappa shape index (κ1) is 12.0. The zero-order valence-corrected chi connectivity index (χ0v) is 11.7. The molecular formula is C15H20N2S. The Labute approximate surface area is 113 Å². The molecule has 18 heavy (non-hydrogen) atoms. The van der Waals surface area contributed by atoms with Crippen LogP contribution in [0.1, 0.15) is 45.1 Å². The van der Waals surface area contributed by atoms with Crippen molar-refractivity contribution in [3.05, 3.63) is 29.9 Å². The molecule has 2 atom stereocenters. The van der Waals surface area contributed by atoms with Crippen molar-refractivity contribution in [2.45, 2.75) is 45.1 Å². The maximum absolute atomic E-state index is 4.58. The SMILES string of the molecule is CCC1CCCCC1n1ccnc1-c1cccs1. The monoisotopic (exact) mass is 260 g/mol. The van der Waals surface area contributed by atoms with Gasteiger partial charge in [-0.1, -0.05) is 32.3 Å². The molecule has 1 saturated carbocycles. The van der Waals surface area contributed by atoms with Gasteiger partial charge in [0, 0.05) is 18.4 Å². The van der Waals surface area contributed by atoms with Gasteiger partial charge in [-0.3, -0.25) is 0 Å². The molecule has 0 radical (unpaired) electrons. The van der Waals surface area contributed by atoms with Gasteiger partial charge in [0.25, 0.3) is 0 Å². The van der Waals surface area contributed by atoms with Crippen LogP contribution in [0, 0.1) is 5.92 Å². The molecule has 1 aliphatic rings. The number of imidazole rings is 1. The van der Waals surface area contributed by atoms with Gasteiger partial charge in [-0.25, -0.2) is 4.98 Å². The second-order valence-electron chi connectivity index (χ2n) is 5.16. The number of hydrogen-bond donors (Lipinski definition) is 0. The Balaban J connectivity index is 1.94. The molecule has 96 valence electrons. The minimum absolute atomic E-state index is 0.656. The summed E-state index contributed by atoms with van der Waals surface area (Å²) in [5.74, 6) is 1.99. The normalized spacial score (nSPS) is 24.3. The molecule has 3 heteroatoms. The first-order chi connectivity index (χ1) is 8.90. The van der Waals surface area contributed by atoms with Crippen molar-refractivity contribution in [2.75, 3.05) is 0 Å². The molecule has 2 unspecified atom stereocenters. The summed E-state index contributed by atoms with van der Waals surface area (Å²) in [5, 5.41) is 2.13.